The highest BCUT2D eigenvalue weighted by Gasteiger charge is 2.26. The van der Waals surface area contributed by atoms with Crippen molar-refractivity contribution in [3.8, 4) is 5.75 Å². The Morgan fingerprint density at radius 1 is 0.846 bits per heavy atom. The van der Waals surface area contributed by atoms with Gasteiger partial charge in [0, 0.05) is 12.2 Å². The number of aryl methyl sites for hydroxylation is 2. The van der Waals surface area contributed by atoms with Crippen LogP contribution in [0.2, 0.25) is 0 Å². The van der Waals surface area contributed by atoms with E-state index in [1.807, 2.05) is 6.07 Å². The minimum Gasteiger partial charge on any atom is -0.495 e. The molecule has 0 unspecified atom stereocenters. The van der Waals surface area contributed by atoms with E-state index < -0.39 is 16.1 Å². The SMILES string of the molecule is COc1ccccc1NC(=O)NCCc1ccc(S(=O)(=O)NC(=O)Nc2c3c(cc4c2CCC4)CCC3)cc1. The third-order valence-electron chi connectivity index (χ3n) is 7.23. The number of carbonyl (C=O) groups is 2. The van der Waals surface area contributed by atoms with Crippen molar-refractivity contribution in [2.24, 2.45) is 0 Å². The molecule has 0 fully saturated rings. The molecule has 0 heterocycles. The van der Waals surface area contributed by atoms with Crippen molar-refractivity contribution in [3.63, 3.8) is 0 Å². The smallest absolute Gasteiger partial charge is 0.333 e. The molecule has 0 spiro atoms. The molecule has 3 aromatic carbocycles. The summed E-state index contributed by atoms with van der Waals surface area (Å²) >= 11 is 0. The van der Waals surface area contributed by atoms with E-state index in [9.17, 15) is 18.0 Å². The van der Waals surface area contributed by atoms with Gasteiger partial charge in [0.25, 0.3) is 10.0 Å². The van der Waals surface area contributed by atoms with E-state index in [-0.39, 0.29) is 10.9 Å². The molecule has 5 rings (SSSR count). The number of fused-ring (bicyclic) bond motifs is 2. The Labute approximate surface area is 228 Å². The van der Waals surface area contributed by atoms with Crippen molar-refractivity contribution in [3.05, 3.63) is 82.4 Å². The van der Waals surface area contributed by atoms with Crippen LogP contribution in [-0.2, 0) is 42.1 Å². The second kappa shape index (κ2) is 11.4. The lowest BCUT2D eigenvalue weighted by molar-refractivity contribution is 0.252. The van der Waals surface area contributed by atoms with E-state index in [1.165, 1.54) is 30.4 Å². The molecule has 4 N–H and O–H groups in total. The highest BCUT2D eigenvalue weighted by molar-refractivity contribution is 7.90. The minimum absolute atomic E-state index is 0.00760. The zero-order valence-electron chi connectivity index (χ0n) is 21.8. The summed E-state index contributed by atoms with van der Waals surface area (Å²) in [5.74, 6) is 0.559. The maximum Gasteiger partial charge on any atom is 0.333 e. The van der Waals surface area contributed by atoms with Crippen LogP contribution in [0.4, 0.5) is 21.0 Å². The van der Waals surface area contributed by atoms with E-state index in [0.717, 1.165) is 60.9 Å². The first-order chi connectivity index (χ1) is 18.8. The van der Waals surface area contributed by atoms with E-state index in [0.29, 0.717) is 24.4 Å². The van der Waals surface area contributed by atoms with Gasteiger partial charge in [-0.05, 0) is 97.0 Å². The second-order valence-electron chi connectivity index (χ2n) is 9.77. The number of urea groups is 2. The van der Waals surface area contributed by atoms with Crippen molar-refractivity contribution >= 4 is 33.5 Å². The number of amides is 4. The number of nitrogens with one attached hydrogen (secondary N) is 4. The van der Waals surface area contributed by atoms with Crippen LogP contribution >= 0.6 is 0 Å². The average Bonchev–Trinajstić information content (AvgIpc) is 3.58. The van der Waals surface area contributed by atoms with Gasteiger partial charge in [-0.1, -0.05) is 30.3 Å². The molecule has 0 aliphatic heterocycles. The van der Waals surface area contributed by atoms with Gasteiger partial charge in [-0.2, -0.15) is 0 Å². The molecular weight excluding hydrogens is 516 g/mol. The fourth-order valence-electron chi connectivity index (χ4n) is 5.36. The lowest BCUT2D eigenvalue weighted by atomic mass is 9.99. The Balaban J connectivity index is 1.15. The molecule has 2 aliphatic carbocycles. The molecule has 0 bridgehead atoms. The molecule has 0 atom stereocenters. The summed E-state index contributed by atoms with van der Waals surface area (Å²) in [5.41, 5.74) is 6.99. The Morgan fingerprint density at radius 3 is 2.18 bits per heavy atom. The first-order valence-electron chi connectivity index (χ1n) is 13.1. The minimum atomic E-state index is -4.05. The molecule has 39 heavy (non-hydrogen) atoms. The molecule has 0 saturated carbocycles. The van der Waals surface area contributed by atoms with Crippen molar-refractivity contribution < 1.29 is 22.7 Å². The zero-order valence-corrected chi connectivity index (χ0v) is 22.6. The van der Waals surface area contributed by atoms with Gasteiger partial charge in [0.15, 0.2) is 0 Å². The molecule has 2 aliphatic rings. The summed E-state index contributed by atoms with van der Waals surface area (Å²) in [6.45, 7) is 0.347. The second-order valence-corrected chi connectivity index (χ2v) is 11.5. The number of hydrogen-bond donors (Lipinski definition) is 4. The molecule has 204 valence electrons. The predicted octanol–water partition coefficient (Wildman–Crippen LogP) is 4.55. The lowest BCUT2D eigenvalue weighted by Gasteiger charge is -2.16. The fourth-order valence-corrected chi connectivity index (χ4v) is 6.26. The Kier molecular flexibility index (Phi) is 7.74. The predicted molar refractivity (Wildman–Crippen MR) is 150 cm³/mol. The van der Waals surface area contributed by atoms with Crippen LogP contribution in [0, 0.1) is 0 Å². The number of ether oxygens (including phenoxy) is 1. The maximum absolute atomic E-state index is 12.9. The largest absolute Gasteiger partial charge is 0.495 e. The van der Waals surface area contributed by atoms with Crippen LogP contribution in [-0.4, -0.2) is 34.1 Å². The molecule has 0 radical (unpaired) electrons. The van der Waals surface area contributed by atoms with Crippen LogP contribution in [0.3, 0.4) is 0 Å². The van der Waals surface area contributed by atoms with E-state index in [2.05, 4.69) is 26.7 Å². The van der Waals surface area contributed by atoms with Crippen molar-refractivity contribution in [1.29, 1.82) is 0 Å². The van der Waals surface area contributed by atoms with Crippen molar-refractivity contribution in [2.75, 3.05) is 24.3 Å². The van der Waals surface area contributed by atoms with Gasteiger partial charge in [-0.3, -0.25) is 0 Å². The Morgan fingerprint density at radius 2 is 1.51 bits per heavy atom. The molecule has 0 saturated heterocycles. The van der Waals surface area contributed by atoms with Crippen LogP contribution < -0.4 is 25.4 Å². The van der Waals surface area contributed by atoms with Gasteiger partial charge in [0.2, 0.25) is 0 Å². The lowest BCUT2D eigenvalue weighted by Crippen LogP contribution is -2.35. The number of benzene rings is 3. The maximum atomic E-state index is 12.9. The normalized spacial score (nSPS) is 13.8. The first-order valence-corrected chi connectivity index (χ1v) is 14.6. The zero-order chi connectivity index (χ0) is 27.4. The van der Waals surface area contributed by atoms with Crippen molar-refractivity contribution in [2.45, 2.75) is 49.8 Å². The molecular formula is C29H32N4O5S. The first kappa shape index (κ1) is 26.6. The monoisotopic (exact) mass is 548 g/mol. The number of methoxy groups -OCH3 is 1. The van der Waals surface area contributed by atoms with Gasteiger partial charge in [0.05, 0.1) is 17.7 Å². The summed E-state index contributed by atoms with van der Waals surface area (Å²) in [6.07, 6.45) is 6.35. The highest BCUT2D eigenvalue weighted by Crippen LogP contribution is 2.38. The molecule has 4 amide bonds. The quantitative estimate of drug-likeness (QED) is 0.329. The van der Waals surface area contributed by atoms with Gasteiger partial charge in [0.1, 0.15) is 5.75 Å². The summed E-state index contributed by atoms with van der Waals surface area (Å²) in [6, 6.07) is 14.5. The van der Waals surface area contributed by atoms with E-state index >= 15 is 0 Å². The van der Waals surface area contributed by atoms with Crippen LogP contribution in [0.1, 0.15) is 40.7 Å². The van der Waals surface area contributed by atoms with Gasteiger partial charge < -0.3 is 20.7 Å². The van der Waals surface area contributed by atoms with Crippen molar-refractivity contribution in [1.82, 2.24) is 10.0 Å². The molecule has 0 aromatic heterocycles. The summed E-state index contributed by atoms with van der Waals surface area (Å²) in [7, 11) is -2.52. The number of carbonyl (C=O) groups excluding carboxylic acids is 2. The van der Waals surface area contributed by atoms with Gasteiger partial charge >= 0.3 is 12.1 Å². The molecule has 3 aromatic rings. The third kappa shape index (κ3) is 6.01. The summed E-state index contributed by atoms with van der Waals surface area (Å²) in [4.78, 5) is 25.0. The summed E-state index contributed by atoms with van der Waals surface area (Å²) < 4.78 is 33.2. The summed E-state index contributed by atoms with van der Waals surface area (Å²) in [5, 5.41) is 8.37. The topological polar surface area (TPSA) is 126 Å². The van der Waals surface area contributed by atoms with Gasteiger partial charge in [-0.25, -0.2) is 22.7 Å². The van der Waals surface area contributed by atoms with Gasteiger partial charge in [-0.15, -0.1) is 0 Å². The average molecular weight is 549 g/mol. The number of sulfonamides is 1. The van der Waals surface area contributed by atoms with Crippen LogP contribution in [0.15, 0.2) is 59.5 Å². The van der Waals surface area contributed by atoms with Crippen LogP contribution in [0.25, 0.3) is 0 Å². The number of rotatable bonds is 8. The third-order valence-corrected chi connectivity index (χ3v) is 8.57. The number of anilines is 2. The Bertz CT molecular complexity index is 1470. The van der Waals surface area contributed by atoms with E-state index in [1.54, 1.807) is 30.3 Å². The highest BCUT2D eigenvalue weighted by atomic mass is 32.2. The van der Waals surface area contributed by atoms with E-state index in [4.69, 9.17) is 4.74 Å². The standard InChI is InChI=1S/C29H32N4O5S/c1-38-26-11-3-2-10-25(26)31-28(34)30-17-16-19-12-14-22(15-13-19)39(36,37)33-29(35)32-27-23-8-4-6-20(23)18-21-7-5-9-24(21)27/h2-3,10-15,18H,4-9,16-17H2,1H3,(H2,30,31,34)(H2,32,33,35). The Hall–Kier alpha value is -4.05. The molecule has 9 nitrogen and oxygen atoms in total. The molecule has 10 heteroatoms. The number of para-hydroxylation sites is 2. The van der Waals surface area contributed by atoms with Crippen LogP contribution in [0.5, 0.6) is 5.75 Å². The number of hydrogen-bond acceptors (Lipinski definition) is 5. The fraction of sp³-hybridized carbons (Fsp3) is 0.310.